The van der Waals surface area contributed by atoms with Crippen molar-refractivity contribution in [1.82, 2.24) is 0 Å². The molecule has 26 heavy (non-hydrogen) atoms. The number of rotatable bonds is 4. The van der Waals surface area contributed by atoms with Crippen molar-refractivity contribution in [3.63, 3.8) is 0 Å². The molecule has 0 heterocycles. The van der Waals surface area contributed by atoms with Crippen LogP contribution in [0.1, 0.15) is 41.4 Å². The van der Waals surface area contributed by atoms with E-state index in [1.54, 1.807) is 0 Å². The normalized spacial score (nSPS) is 8.77. The number of aromatic carboxylic acids is 4. The van der Waals surface area contributed by atoms with Crippen molar-refractivity contribution in [3.8, 4) is 0 Å². The van der Waals surface area contributed by atoms with E-state index in [0.29, 0.717) is 0 Å². The smallest absolute Gasteiger partial charge is 0.545 e. The Hall–Kier alpha value is 0.580. The fourth-order valence-corrected chi connectivity index (χ4v) is 2.27. The summed E-state index contributed by atoms with van der Waals surface area (Å²) in [6.07, 6.45) is 0. The fraction of sp³-hybridized carbons (Fsp3) is 0. The second kappa shape index (κ2) is 12.9. The van der Waals surface area contributed by atoms with Crippen LogP contribution in [0.2, 0.25) is 0 Å². The van der Waals surface area contributed by atoms with Crippen molar-refractivity contribution in [2.45, 2.75) is 0 Å². The Morgan fingerprint density at radius 2 is 0.731 bits per heavy atom. The zero-order valence-corrected chi connectivity index (χ0v) is 22.6. The van der Waals surface area contributed by atoms with Gasteiger partial charge in [-0.05, 0) is 10.8 Å². The van der Waals surface area contributed by atoms with Gasteiger partial charge in [0.2, 0.25) is 0 Å². The zero-order valence-electron chi connectivity index (χ0n) is 14.6. The van der Waals surface area contributed by atoms with Crippen molar-refractivity contribution in [3.05, 3.63) is 46.5 Å². The molecule has 112 valence electrons. The molecule has 0 amide bonds. The van der Waals surface area contributed by atoms with E-state index in [1.807, 2.05) is 0 Å². The second-order valence-corrected chi connectivity index (χ2v) is 4.20. The third kappa shape index (κ3) is 6.04. The van der Waals surface area contributed by atoms with Crippen LogP contribution >= 0.6 is 0 Å². The van der Waals surface area contributed by atoms with Crippen molar-refractivity contribution in [1.29, 1.82) is 0 Å². The van der Waals surface area contributed by atoms with Crippen LogP contribution in [0.25, 0.3) is 10.8 Å². The first-order chi connectivity index (χ1) is 10.3. The molecule has 0 aromatic heterocycles. The summed E-state index contributed by atoms with van der Waals surface area (Å²) in [5, 5.41) is 44.1. The summed E-state index contributed by atoms with van der Waals surface area (Å²) >= 11 is 0. The minimum absolute atomic E-state index is 0. The summed E-state index contributed by atoms with van der Waals surface area (Å²) in [4.78, 5) is 44.8. The molecule has 0 fully saturated rings. The van der Waals surface area contributed by atoms with E-state index in [1.165, 1.54) is 12.1 Å². The SMILES string of the molecule is O=C([O-])c1c(C(=O)[O-])c(C(=O)[O-])c2ccccc2c1C(=O)[O-].[Na+].[Na+].[Na+].[Na+]. The molecule has 0 radical (unpaired) electrons. The van der Waals surface area contributed by atoms with Gasteiger partial charge in [0.15, 0.2) is 0 Å². The number of carboxylic acid groups (broad SMARTS) is 4. The maximum atomic E-state index is 11.2. The number of hydrogen-bond donors (Lipinski definition) is 0. The van der Waals surface area contributed by atoms with Crippen LogP contribution in [0.3, 0.4) is 0 Å². The Bertz CT molecular complexity index is 795. The van der Waals surface area contributed by atoms with Gasteiger partial charge in [-0.25, -0.2) is 0 Å². The molecule has 0 saturated heterocycles. The first-order valence-corrected chi connectivity index (χ1v) is 5.71. The summed E-state index contributed by atoms with van der Waals surface area (Å²) in [6.45, 7) is 0. The van der Waals surface area contributed by atoms with Gasteiger partial charge in [-0.15, -0.1) is 0 Å². The minimum Gasteiger partial charge on any atom is -0.545 e. The molecular formula is C14H4Na4O8. The topological polar surface area (TPSA) is 161 Å². The third-order valence-electron chi connectivity index (χ3n) is 3.03. The fourth-order valence-electron chi connectivity index (χ4n) is 2.27. The van der Waals surface area contributed by atoms with E-state index in [0.717, 1.165) is 12.1 Å². The van der Waals surface area contributed by atoms with E-state index in [2.05, 4.69) is 0 Å². The van der Waals surface area contributed by atoms with E-state index in [-0.39, 0.29) is 129 Å². The summed E-state index contributed by atoms with van der Waals surface area (Å²) in [6, 6.07) is 4.84. The van der Waals surface area contributed by atoms with Crippen LogP contribution in [-0.4, -0.2) is 23.9 Å². The average molecular weight is 392 g/mol. The van der Waals surface area contributed by atoms with Gasteiger partial charge in [0.1, 0.15) is 0 Å². The molecule has 0 bridgehead atoms. The Morgan fingerprint density at radius 1 is 0.500 bits per heavy atom. The molecule has 0 N–H and O–H groups in total. The van der Waals surface area contributed by atoms with Crippen LogP contribution in [0.4, 0.5) is 0 Å². The predicted octanol–water partition coefficient (Wildman–Crippen LogP) is -15.7. The van der Waals surface area contributed by atoms with Crippen molar-refractivity contribution in [2.75, 3.05) is 0 Å². The van der Waals surface area contributed by atoms with E-state index < -0.39 is 46.1 Å². The summed E-state index contributed by atoms with van der Waals surface area (Å²) in [7, 11) is 0. The monoisotopic (exact) mass is 392 g/mol. The maximum absolute atomic E-state index is 11.2. The molecule has 0 saturated carbocycles. The van der Waals surface area contributed by atoms with E-state index in [4.69, 9.17) is 0 Å². The van der Waals surface area contributed by atoms with Gasteiger partial charge >= 0.3 is 118 Å². The first kappa shape index (κ1) is 31.3. The molecule has 0 aliphatic carbocycles. The Balaban J connectivity index is -0.00000132. The standard InChI is InChI=1S/C14H8O8.4Na/c15-11(16)7-5-3-1-2-4-6(5)8(12(17)18)10(14(21)22)9(7)13(19)20;;;;/h1-4H,(H,15,16)(H,17,18)(H,19,20)(H,21,22);;;;/q;4*+1/p-4. The Morgan fingerprint density at radius 3 is 0.923 bits per heavy atom. The molecule has 0 spiro atoms. The van der Waals surface area contributed by atoms with Gasteiger partial charge in [0.25, 0.3) is 0 Å². The molecule has 8 nitrogen and oxygen atoms in total. The summed E-state index contributed by atoms with van der Waals surface area (Å²) in [5.74, 6) is -8.37. The molecule has 2 aromatic carbocycles. The number of carboxylic acids is 4. The molecule has 2 rings (SSSR count). The molecule has 0 aliphatic heterocycles. The van der Waals surface area contributed by atoms with Crippen LogP contribution in [0.5, 0.6) is 0 Å². The largest absolute Gasteiger partial charge is 1.00 e. The van der Waals surface area contributed by atoms with Gasteiger partial charge in [-0.3, -0.25) is 0 Å². The number of carbonyl (C=O) groups is 4. The number of hydrogen-bond acceptors (Lipinski definition) is 8. The van der Waals surface area contributed by atoms with Gasteiger partial charge in [0.05, 0.1) is 23.9 Å². The Kier molecular flexibility index (Phi) is 15.5. The maximum Gasteiger partial charge on any atom is 1.00 e. The van der Waals surface area contributed by atoms with Gasteiger partial charge in [-0.1, -0.05) is 24.3 Å². The third-order valence-corrected chi connectivity index (χ3v) is 3.03. The molecule has 0 atom stereocenters. The van der Waals surface area contributed by atoms with Gasteiger partial charge < -0.3 is 39.6 Å². The molecular weight excluding hydrogens is 388 g/mol. The van der Waals surface area contributed by atoms with Crippen molar-refractivity contribution in [2.24, 2.45) is 0 Å². The summed E-state index contributed by atoms with van der Waals surface area (Å²) < 4.78 is 0. The van der Waals surface area contributed by atoms with Gasteiger partial charge in [0, 0.05) is 22.3 Å². The molecule has 2 aromatic rings. The predicted molar refractivity (Wildman–Crippen MR) is 61.3 cm³/mol. The molecule has 0 unspecified atom stereocenters. The van der Waals surface area contributed by atoms with Crippen LogP contribution in [-0.2, 0) is 0 Å². The molecule has 12 heteroatoms. The second-order valence-electron chi connectivity index (χ2n) is 4.20. The minimum atomic E-state index is -2.19. The first-order valence-electron chi connectivity index (χ1n) is 5.71. The van der Waals surface area contributed by atoms with Crippen molar-refractivity contribution < 1.29 is 158 Å². The number of fused-ring (bicyclic) bond motifs is 1. The molecule has 0 aliphatic rings. The Labute approximate surface area is 235 Å². The van der Waals surface area contributed by atoms with Crippen LogP contribution in [0.15, 0.2) is 24.3 Å². The van der Waals surface area contributed by atoms with Crippen LogP contribution in [0, 0.1) is 0 Å². The van der Waals surface area contributed by atoms with Crippen LogP contribution < -0.4 is 139 Å². The number of benzene rings is 2. The average Bonchev–Trinajstić information content (AvgIpc) is 2.43. The van der Waals surface area contributed by atoms with Gasteiger partial charge in [-0.2, -0.15) is 0 Å². The zero-order chi connectivity index (χ0) is 16.6. The quantitative estimate of drug-likeness (QED) is 0.464. The summed E-state index contributed by atoms with van der Waals surface area (Å²) in [5.41, 5.74) is -4.67. The van der Waals surface area contributed by atoms with E-state index in [9.17, 15) is 39.6 Å². The van der Waals surface area contributed by atoms with Crippen molar-refractivity contribution >= 4 is 34.6 Å². The number of carbonyl (C=O) groups excluding carboxylic acids is 4. The van der Waals surface area contributed by atoms with E-state index >= 15 is 0 Å².